The number of hydrogen-bond donors (Lipinski definition) is 3. The number of carbonyl (C=O) groups excluding carboxylic acids is 3. The largest absolute Gasteiger partial charge is 0.459 e. The van der Waals surface area contributed by atoms with Gasteiger partial charge < -0.3 is 34.3 Å². The molecule has 0 aromatic carbocycles. The minimum atomic E-state index is -2.12. The molecule has 0 bridgehead atoms. The average molecular weight is 424 g/mol. The lowest BCUT2D eigenvalue weighted by Gasteiger charge is -2.46. The van der Waals surface area contributed by atoms with Gasteiger partial charge in [-0.05, 0) is 12.3 Å². The van der Waals surface area contributed by atoms with E-state index in [-0.39, 0.29) is 6.42 Å². The Morgan fingerprint density at radius 3 is 2.33 bits per heavy atom. The fourth-order valence-electron chi connectivity index (χ4n) is 8.22. The quantitative estimate of drug-likeness (QED) is 0.314. The third-order valence-electron chi connectivity index (χ3n) is 8.91. The lowest BCUT2D eigenvalue weighted by molar-refractivity contribution is -0.239. The molecule has 2 spiro atoms. The van der Waals surface area contributed by atoms with Crippen molar-refractivity contribution in [2.75, 3.05) is 0 Å². The third kappa shape index (κ3) is 1.35. The van der Waals surface area contributed by atoms with E-state index in [4.69, 9.17) is 18.9 Å². The Hall–Kier alpha value is -1.75. The van der Waals surface area contributed by atoms with Crippen LogP contribution in [0.15, 0.2) is 0 Å². The molecular formula is C20H24O10. The van der Waals surface area contributed by atoms with Crippen LogP contribution < -0.4 is 0 Å². The van der Waals surface area contributed by atoms with Crippen molar-refractivity contribution in [1.29, 1.82) is 0 Å². The highest BCUT2D eigenvalue weighted by molar-refractivity contribution is 5.93. The SMILES string of the molecule is C[C@@H]1C(=O)O[C@H]2C[C@]34[C@@H]5OC(=O)C3(O[C@@H]3OC(=O)[C@H](O)C34C(C(C)(C)C)[C@H]5O)[C@]21O. The highest BCUT2D eigenvalue weighted by Gasteiger charge is 3.02. The van der Waals surface area contributed by atoms with Crippen molar-refractivity contribution in [2.24, 2.45) is 28.1 Å². The maximum atomic E-state index is 13.4. The molecule has 0 amide bonds. The lowest BCUT2D eigenvalue weighted by Crippen LogP contribution is -2.66. The van der Waals surface area contributed by atoms with Crippen molar-refractivity contribution in [1.82, 2.24) is 0 Å². The molecule has 6 fully saturated rings. The molecule has 6 aliphatic rings. The smallest absolute Gasteiger partial charge is 0.342 e. The monoisotopic (exact) mass is 424 g/mol. The van der Waals surface area contributed by atoms with Crippen LogP contribution in [0.5, 0.6) is 0 Å². The minimum absolute atomic E-state index is 0.107. The Labute approximate surface area is 171 Å². The molecule has 0 aromatic rings. The molecule has 6 rings (SSSR count). The van der Waals surface area contributed by atoms with Crippen molar-refractivity contribution in [3.05, 3.63) is 0 Å². The van der Waals surface area contributed by atoms with Crippen LogP contribution in [0.2, 0.25) is 0 Å². The molecule has 10 heteroatoms. The zero-order chi connectivity index (χ0) is 21.8. The number of ether oxygens (including phenoxy) is 4. The molecule has 2 saturated carbocycles. The molecule has 30 heavy (non-hydrogen) atoms. The number of esters is 3. The van der Waals surface area contributed by atoms with Gasteiger partial charge >= 0.3 is 17.9 Å². The second-order valence-corrected chi connectivity index (χ2v) is 10.7. The first kappa shape index (κ1) is 19.0. The third-order valence-corrected chi connectivity index (χ3v) is 8.91. The fourth-order valence-corrected chi connectivity index (χ4v) is 8.22. The normalized spacial score (nSPS) is 60.1. The van der Waals surface area contributed by atoms with Crippen LogP contribution in [0, 0.1) is 28.1 Å². The number of aliphatic hydroxyl groups is 3. The summed E-state index contributed by atoms with van der Waals surface area (Å²) in [6.07, 6.45) is -6.73. The Morgan fingerprint density at radius 1 is 1.03 bits per heavy atom. The van der Waals surface area contributed by atoms with Crippen molar-refractivity contribution in [2.45, 2.75) is 76.0 Å². The molecule has 3 unspecified atom stereocenters. The molecule has 4 heterocycles. The molecule has 10 nitrogen and oxygen atoms in total. The van der Waals surface area contributed by atoms with Crippen LogP contribution in [0.1, 0.15) is 34.1 Å². The van der Waals surface area contributed by atoms with Crippen LogP contribution >= 0.6 is 0 Å². The predicted molar refractivity (Wildman–Crippen MR) is 92.0 cm³/mol. The number of fused-ring (bicyclic) bond motifs is 1. The van der Waals surface area contributed by atoms with E-state index in [1.54, 1.807) is 0 Å². The standard InChI is InChI=1S/C20H24O10/c1-6-12(23)27-7-5-17-11-8(21)9(16(2,3)4)18(17)10(22)13(24)29-15(18)30-20(17,14(25)28-11)19(6,7)26/h6-11,15,21-22,26H,5H2,1-4H3/t6-,7+,8-,9?,10+,11-,15+,17-,18?,19-,20?/m1/s1. The second-order valence-electron chi connectivity index (χ2n) is 10.7. The van der Waals surface area contributed by atoms with Crippen molar-refractivity contribution in [3.63, 3.8) is 0 Å². The second kappa shape index (κ2) is 4.69. The number of rotatable bonds is 0. The van der Waals surface area contributed by atoms with Gasteiger partial charge in [0.25, 0.3) is 0 Å². The molecule has 0 aromatic heterocycles. The lowest BCUT2D eigenvalue weighted by atomic mass is 9.51. The summed E-state index contributed by atoms with van der Waals surface area (Å²) < 4.78 is 22.6. The summed E-state index contributed by atoms with van der Waals surface area (Å²) in [4.78, 5) is 38.2. The molecule has 164 valence electrons. The van der Waals surface area contributed by atoms with Crippen molar-refractivity contribution in [3.8, 4) is 0 Å². The molecule has 3 N–H and O–H groups in total. The van der Waals surface area contributed by atoms with E-state index in [1.165, 1.54) is 6.92 Å². The van der Waals surface area contributed by atoms with Gasteiger partial charge in [0.15, 0.2) is 11.7 Å². The molecule has 4 saturated heterocycles. The maximum absolute atomic E-state index is 13.4. The summed E-state index contributed by atoms with van der Waals surface area (Å²) in [7, 11) is 0. The summed E-state index contributed by atoms with van der Waals surface area (Å²) in [5, 5.41) is 34.4. The van der Waals surface area contributed by atoms with Crippen molar-refractivity contribution < 1.29 is 48.7 Å². The van der Waals surface area contributed by atoms with Crippen LogP contribution in [0.25, 0.3) is 0 Å². The van der Waals surface area contributed by atoms with Gasteiger partial charge in [-0.2, -0.15) is 0 Å². The van der Waals surface area contributed by atoms with E-state index in [0.717, 1.165) is 0 Å². The van der Waals surface area contributed by atoms with E-state index in [2.05, 4.69) is 0 Å². The maximum Gasteiger partial charge on any atom is 0.342 e. The van der Waals surface area contributed by atoms with E-state index in [1.807, 2.05) is 20.8 Å². The van der Waals surface area contributed by atoms with E-state index in [9.17, 15) is 29.7 Å². The van der Waals surface area contributed by atoms with Gasteiger partial charge in [0, 0.05) is 12.3 Å². The highest BCUT2D eigenvalue weighted by Crippen LogP contribution is 2.84. The summed E-state index contributed by atoms with van der Waals surface area (Å²) in [6, 6.07) is 0. The zero-order valence-electron chi connectivity index (χ0n) is 16.9. The van der Waals surface area contributed by atoms with E-state index >= 15 is 0 Å². The fraction of sp³-hybridized carbons (Fsp3) is 0.850. The molecule has 2 aliphatic carbocycles. The van der Waals surface area contributed by atoms with Gasteiger partial charge in [-0.3, -0.25) is 4.79 Å². The van der Waals surface area contributed by atoms with Crippen LogP contribution in [0.4, 0.5) is 0 Å². The molecule has 4 aliphatic heterocycles. The van der Waals surface area contributed by atoms with E-state index in [0.29, 0.717) is 0 Å². The van der Waals surface area contributed by atoms with E-state index < -0.39 is 87.9 Å². The first-order valence-corrected chi connectivity index (χ1v) is 10.2. The zero-order valence-corrected chi connectivity index (χ0v) is 16.9. The summed E-state index contributed by atoms with van der Waals surface area (Å²) >= 11 is 0. The first-order chi connectivity index (χ1) is 13.8. The van der Waals surface area contributed by atoms with Crippen LogP contribution in [-0.4, -0.2) is 75.1 Å². The van der Waals surface area contributed by atoms with Gasteiger partial charge in [-0.25, -0.2) is 9.59 Å². The van der Waals surface area contributed by atoms with Gasteiger partial charge in [0.2, 0.25) is 11.9 Å². The van der Waals surface area contributed by atoms with Gasteiger partial charge in [0.1, 0.15) is 12.2 Å². The number of hydrogen-bond acceptors (Lipinski definition) is 10. The van der Waals surface area contributed by atoms with Gasteiger partial charge in [-0.1, -0.05) is 20.8 Å². The Morgan fingerprint density at radius 2 is 1.70 bits per heavy atom. The predicted octanol–water partition coefficient (Wildman–Crippen LogP) is -1.37. The summed E-state index contributed by atoms with van der Waals surface area (Å²) in [5.74, 6) is -4.43. The average Bonchev–Trinajstić information content (AvgIpc) is 3.32. The molecular weight excluding hydrogens is 400 g/mol. The Balaban J connectivity index is 1.71. The van der Waals surface area contributed by atoms with Crippen LogP contribution in [0.3, 0.4) is 0 Å². The van der Waals surface area contributed by atoms with Gasteiger partial charge in [-0.15, -0.1) is 0 Å². The first-order valence-electron chi connectivity index (χ1n) is 10.2. The Bertz CT molecular complexity index is 925. The summed E-state index contributed by atoms with van der Waals surface area (Å²) in [5.41, 5.74) is -7.95. The molecule has 11 atom stereocenters. The van der Waals surface area contributed by atoms with Crippen molar-refractivity contribution >= 4 is 17.9 Å². The van der Waals surface area contributed by atoms with Gasteiger partial charge in [0.05, 0.1) is 22.9 Å². The molecule has 0 radical (unpaired) electrons. The highest BCUT2D eigenvalue weighted by atomic mass is 16.8. The van der Waals surface area contributed by atoms with Crippen LogP contribution in [-0.2, 0) is 33.3 Å². The topological polar surface area (TPSA) is 149 Å². The summed E-state index contributed by atoms with van der Waals surface area (Å²) in [6.45, 7) is 6.97. The number of aliphatic hydroxyl groups excluding tert-OH is 2. The minimum Gasteiger partial charge on any atom is -0.459 e. The Kier molecular flexibility index (Phi) is 2.97. The number of carbonyl (C=O) groups is 3.